The van der Waals surface area contributed by atoms with E-state index in [4.69, 9.17) is 22.1 Å². The van der Waals surface area contributed by atoms with Gasteiger partial charge in [0, 0.05) is 11.4 Å². The van der Waals surface area contributed by atoms with Crippen LogP contribution in [0.25, 0.3) is 0 Å². The Balaban J connectivity index is 1.57. The third-order valence-corrected chi connectivity index (χ3v) is 5.06. The molecule has 31 heavy (non-hydrogen) atoms. The molecule has 4 rings (SSSR count). The molecule has 1 aliphatic heterocycles. The van der Waals surface area contributed by atoms with Gasteiger partial charge in [-0.1, -0.05) is 41.9 Å². The van der Waals surface area contributed by atoms with Crippen LogP contribution in [-0.2, 0) is 20.9 Å². The number of benzene rings is 2. The van der Waals surface area contributed by atoms with E-state index in [0.29, 0.717) is 10.7 Å². The number of carbonyl (C=O) groups is 2. The minimum absolute atomic E-state index is 0.0553. The third kappa shape index (κ3) is 4.72. The highest BCUT2D eigenvalue weighted by atomic mass is 35.5. The van der Waals surface area contributed by atoms with Gasteiger partial charge in [-0.05, 0) is 29.8 Å². The van der Waals surface area contributed by atoms with Crippen molar-refractivity contribution in [3.63, 3.8) is 0 Å². The highest BCUT2D eigenvalue weighted by Crippen LogP contribution is 2.27. The first-order valence-corrected chi connectivity index (χ1v) is 9.89. The van der Waals surface area contributed by atoms with Crippen LogP contribution in [0.5, 0.6) is 0 Å². The van der Waals surface area contributed by atoms with Crippen molar-refractivity contribution in [1.29, 1.82) is 0 Å². The average Bonchev–Trinajstić information content (AvgIpc) is 3.45. The number of anilines is 1. The fourth-order valence-corrected chi connectivity index (χ4v) is 3.38. The number of esters is 1. The average molecular weight is 439 g/mol. The molecule has 158 valence electrons. The van der Waals surface area contributed by atoms with E-state index in [1.54, 1.807) is 41.1 Å². The maximum absolute atomic E-state index is 13.0. The van der Waals surface area contributed by atoms with Crippen LogP contribution >= 0.6 is 11.6 Å². The number of hydrazone groups is 1. The second-order valence-electron chi connectivity index (χ2n) is 6.91. The quantitative estimate of drug-likeness (QED) is 0.566. The highest BCUT2D eigenvalue weighted by molar-refractivity contribution is 6.38. The number of amides is 1. The van der Waals surface area contributed by atoms with Crippen molar-refractivity contribution in [1.82, 2.24) is 14.8 Å². The first-order valence-electron chi connectivity index (χ1n) is 9.51. The standard InChI is InChI=1S/C21H19ClN6O3/c22-15-8-6-14(7-9-15)19(11-27-13-24-12-25-27)31-21(30)17-10-18(20(23)29)28(26-17)16-4-2-1-3-5-16/h1-9,12-13,18-19H,10-11H2,(H2,23,29). The number of hydrogen-bond acceptors (Lipinski definition) is 7. The Bertz CT molecular complexity index is 1090. The van der Waals surface area contributed by atoms with Gasteiger partial charge < -0.3 is 10.5 Å². The van der Waals surface area contributed by atoms with Gasteiger partial charge in [-0.3, -0.25) is 9.80 Å². The van der Waals surface area contributed by atoms with Crippen LogP contribution in [0, 0.1) is 0 Å². The van der Waals surface area contributed by atoms with Gasteiger partial charge in [0.2, 0.25) is 5.91 Å². The smallest absolute Gasteiger partial charge is 0.355 e. The van der Waals surface area contributed by atoms with Gasteiger partial charge in [-0.15, -0.1) is 0 Å². The topological polar surface area (TPSA) is 116 Å². The number of halogens is 1. The molecule has 3 aromatic rings. The van der Waals surface area contributed by atoms with E-state index in [1.807, 2.05) is 18.2 Å². The fourth-order valence-electron chi connectivity index (χ4n) is 3.26. The summed E-state index contributed by atoms with van der Waals surface area (Å²) in [6, 6.07) is 15.3. The van der Waals surface area contributed by atoms with Gasteiger partial charge in [0.1, 0.15) is 30.5 Å². The van der Waals surface area contributed by atoms with Gasteiger partial charge in [-0.2, -0.15) is 10.2 Å². The SMILES string of the molecule is NC(=O)C1CC(C(=O)OC(Cn2cncn2)c2ccc(Cl)cc2)=NN1c1ccccc1. The zero-order chi connectivity index (χ0) is 21.8. The minimum Gasteiger partial charge on any atom is -0.451 e. The lowest BCUT2D eigenvalue weighted by molar-refractivity contribution is -0.142. The molecule has 0 spiro atoms. The Hall–Kier alpha value is -3.72. The second-order valence-corrected chi connectivity index (χ2v) is 7.35. The molecule has 9 nitrogen and oxygen atoms in total. The van der Waals surface area contributed by atoms with Crippen LogP contribution in [0.2, 0.25) is 5.02 Å². The van der Waals surface area contributed by atoms with Crippen molar-refractivity contribution in [2.75, 3.05) is 5.01 Å². The largest absolute Gasteiger partial charge is 0.451 e. The molecule has 0 aliphatic carbocycles. The predicted octanol–water partition coefficient (Wildman–Crippen LogP) is 2.34. The summed E-state index contributed by atoms with van der Waals surface area (Å²) in [6.07, 6.45) is 2.33. The van der Waals surface area contributed by atoms with Crippen LogP contribution in [0.15, 0.2) is 72.4 Å². The number of ether oxygens (including phenoxy) is 1. The molecule has 0 saturated heterocycles. The highest BCUT2D eigenvalue weighted by Gasteiger charge is 2.36. The maximum atomic E-state index is 13.0. The normalized spacial score (nSPS) is 16.6. The number of hydrogen-bond donors (Lipinski definition) is 1. The zero-order valence-electron chi connectivity index (χ0n) is 16.3. The number of carbonyl (C=O) groups excluding carboxylic acids is 2. The van der Waals surface area contributed by atoms with Crippen molar-refractivity contribution in [2.24, 2.45) is 10.8 Å². The molecule has 0 radical (unpaired) electrons. The molecule has 1 amide bonds. The van der Waals surface area contributed by atoms with Crippen LogP contribution < -0.4 is 10.7 Å². The molecule has 2 aromatic carbocycles. The summed E-state index contributed by atoms with van der Waals surface area (Å²) < 4.78 is 7.33. The molecule has 0 fully saturated rings. The monoisotopic (exact) mass is 438 g/mol. The van der Waals surface area contributed by atoms with E-state index < -0.39 is 24.0 Å². The summed E-state index contributed by atoms with van der Waals surface area (Å²) in [4.78, 5) is 28.9. The maximum Gasteiger partial charge on any atom is 0.355 e. The lowest BCUT2D eigenvalue weighted by Crippen LogP contribution is -2.39. The van der Waals surface area contributed by atoms with Crippen LogP contribution in [0.1, 0.15) is 18.1 Å². The Labute approximate surface area is 183 Å². The summed E-state index contributed by atoms with van der Waals surface area (Å²) in [7, 11) is 0. The number of nitrogens with zero attached hydrogens (tertiary/aromatic N) is 5. The number of para-hydroxylation sites is 1. The Morgan fingerprint density at radius 3 is 2.55 bits per heavy atom. The second kappa shape index (κ2) is 8.97. The lowest BCUT2D eigenvalue weighted by atomic mass is 10.1. The molecular weight excluding hydrogens is 420 g/mol. The fraction of sp³-hybridized carbons (Fsp3) is 0.190. The summed E-state index contributed by atoms with van der Waals surface area (Å²) in [5.74, 6) is -1.21. The molecule has 10 heteroatoms. The molecule has 1 aliphatic rings. The van der Waals surface area contributed by atoms with Crippen LogP contribution in [-0.4, -0.2) is 38.4 Å². The Morgan fingerprint density at radius 1 is 1.16 bits per heavy atom. The first-order chi connectivity index (χ1) is 15.0. The Morgan fingerprint density at radius 2 is 1.90 bits per heavy atom. The molecule has 2 unspecified atom stereocenters. The minimum atomic E-state index is -0.769. The van der Waals surface area contributed by atoms with Gasteiger partial charge in [0.25, 0.3) is 0 Å². The van der Waals surface area contributed by atoms with E-state index in [9.17, 15) is 9.59 Å². The van der Waals surface area contributed by atoms with E-state index in [0.717, 1.165) is 5.56 Å². The summed E-state index contributed by atoms with van der Waals surface area (Å²) in [6.45, 7) is 0.252. The summed E-state index contributed by atoms with van der Waals surface area (Å²) >= 11 is 5.98. The van der Waals surface area contributed by atoms with Gasteiger partial charge >= 0.3 is 5.97 Å². The van der Waals surface area contributed by atoms with Gasteiger partial charge in [0.15, 0.2) is 0 Å². The number of rotatable bonds is 7. The first kappa shape index (κ1) is 20.5. The van der Waals surface area contributed by atoms with E-state index >= 15 is 0 Å². The zero-order valence-corrected chi connectivity index (χ0v) is 17.1. The molecule has 2 N–H and O–H groups in total. The molecule has 1 aromatic heterocycles. The predicted molar refractivity (Wildman–Crippen MR) is 114 cm³/mol. The Kier molecular flexibility index (Phi) is 5.94. The number of nitrogens with two attached hydrogens (primary N) is 1. The van der Waals surface area contributed by atoms with Crippen molar-refractivity contribution < 1.29 is 14.3 Å². The van der Waals surface area contributed by atoms with E-state index in [1.165, 1.54) is 17.7 Å². The molecule has 0 bridgehead atoms. The number of primary amides is 1. The van der Waals surface area contributed by atoms with E-state index in [-0.39, 0.29) is 18.7 Å². The summed E-state index contributed by atoms with van der Waals surface area (Å²) in [5.41, 5.74) is 7.06. The lowest BCUT2D eigenvalue weighted by Gasteiger charge is -2.20. The van der Waals surface area contributed by atoms with Crippen LogP contribution in [0.4, 0.5) is 5.69 Å². The van der Waals surface area contributed by atoms with E-state index in [2.05, 4.69) is 15.2 Å². The van der Waals surface area contributed by atoms with Crippen LogP contribution in [0.3, 0.4) is 0 Å². The molecule has 2 atom stereocenters. The molecule has 2 heterocycles. The third-order valence-electron chi connectivity index (χ3n) is 4.81. The van der Waals surface area contributed by atoms with Gasteiger partial charge in [0.05, 0.1) is 12.2 Å². The van der Waals surface area contributed by atoms with Crippen molar-refractivity contribution in [3.8, 4) is 0 Å². The molecular formula is C21H19ClN6O3. The van der Waals surface area contributed by atoms with Gasteiger partial charge in [-0.25, -0.2) is 14.5 Å². The summed E-state index contributed by atoms with van der Waals surface area (Å²) in [5, 5.41) is 10.4. The molecule has 0 saturated carbocycles. The van der Waals surface area contributed by atoms with Crippen molar-refractivity contribution in [3.05, 3.63) is 77.8 Å². The van der Waals surface area contributed by atoms with Crippen molar-refractivity contribution >= 4 is 34.9 Å². The number of aromatic nitrogens is 3. The van der Waals surface area contributed by atoms with Crippen molar-refractivity contribution in [2.45, 2.75) is 25.1 Å².